The van der Waals surface area contributed by atoms with E-state index in [0.29, 0.717) is 5.13 Å². The molecule has 1 fully saturated rings. The average Bonchev–Trinajstić information content (AvgIpc) is 2.74. The highest BCUT2D eigenvalue weighted by molar-refractivity contribution is 7.15. The molecule has 5 nitrogen and oxygen atoms in total. The van der Waals surface area contributed by atoms with Crippen LogP contribution in [0, 0.1) is 0 Å². The van der Waals surface area contributed by atoms with Crippen LogP contribution in [0.3, 0.4) is 0 Å². The van der Waals surface area contributed by atoms with Gasteiger partial charge < -0.3 is 5.32 Å². The molecule has 2 atom stereocenters. The normalized spacial score (nSPS) is 27.6. The van der Waals surface area contributed by atoms with E-state index in [4.69, 9.17) is 11.6 Å². The topological polar surface area (TPSA) is 58.1 Å². The molecule has 1 N–H and O–H groups in total. The molecule has 1 aromatic heterocycles. The van der Waals surface area contributed by atoms with Crippen LogP contribution in [0.5, 0.6) is 0 Å². The molecule has 88 valence electrons. The summed E-state index contributed by atoms with van der Waals surface area (Å²) < 4.78 is 0. The molecule has 1 aliphatic carbocycles. The minimum absolute atomic E-state index is 0.0546. The largest absolute Gasteiger partial charge is 0.341 e. The third-order valence-corrected chi connectivity index (χ3v) is 4.76. The summed E-state index contributed by atoms with van der Waals surface area (Å²) in [5.74, 6) is 0. The second kappa shape index (κ2) is 3.85. The number of carbonyl (C=O) groups is 1. The Hall–Kier alpha value is -0.880. The summed E-state index contributed by atoms with van der Waals surface area (Å²) in [5, 5.41) is 12.3. The lowest BCUT2D eigenvalue weighted by atomic mass is 10.2. The quantitative estimate of drug-likeness (QED) is 0.822. The molecule has 2 unspecified atom stereocenters. The number of hydrogen-bond donors (Lipinski definition) is 1. The summed E-state index contributed by atoms with van der Waals surface area (Å²) >= 11 is 7.47. The van der Waals surface area contributed by atoms with Crippen LogP contribution in [0.4, 0.5) is 9.93 Å². The van der Waals surface area contributed by atoms with Gasteiger partial charge in [-0.2, -0.15) is 0 Å². The Bertz CT molecular complexity index is 423. The molecule has 0 radical (unpaired) electrons. The van der Waals surface area contributed by atoms with E-state index in [9.17, 15) is 4.79 Å². The van der Waals surface area contributed by atoms with E-state index < -0.39 is 0 Å². The van der Waals surface area contributed by atoms with Crippen LogP contribution in [0.1, 0.15) is 18.4 Å². The van der Waals surface area contributed by atoms with Crippen molar-refractivity contribution in [3.05, 3.63) is 5.01 Å². The number of nitrogens with zero attached hydrogens (tertiary/aromatic N) is 3. The van der Waals surface area contributed by atoms with Crippen LogP contribution < -0.4 is 10.2 Å². The van der Waals surface area contributed by atoms with Gasteiger partial charge in [-0.15, -0.1) is 21.8 Å². The molecule has 16 heavy (non-hydrogen) atoms. The third-order valence-electron chi connectivity index (χ3n) is 2.84. The van der Waals surface area contributed by atoms with Crippen molar-refractivity contribution in [2.75, 3.05) is 19.0 Å². The molecule has 0 bridgehead atoms. The minimum Gasteiger partial charge on any atom is -0.341 e. The maximum atomic E-state index is 11.4. The number of amides is 2. The number of rotatable bonds is 2. The molecule has 0 spiro atoms. The Morgan fingerprint density at radius 3 is 2.81 bits per heavy atom. The van der Waals surface area contributed by atoms with Gasteiger partial charge in [-0.25, -0.2) is 4.79 Å². The maximum absolute atomic E-state index is 11.4. The zero-order valence-electron chi connectivity index (χ0n) is 9.32. The number of nitrogens with one attached hydrogen (secondary N) is 1. The van der Waals surface area contributed by atoms with E-state index in [0.717, 1.165) is 11.4 Å². The van der Waals surface area contributed by atoms with Crippen LogP contribution in [0.15, 0.2) is 0 Å². The molecule has 1 aliphatic rings. The van der Waals surface area contributed by atoms with Crippen molar-refractivity contribution in [1.82, 2.24) is 15.5 Å². The predicted molar refractivity (Wildman–Crippen MR) is 64.4 cm³/mol. The second-order valence-corrected chi connectivity index (χ2v) is 5.58. The molecule has 0 aromatic carbocycles. The Morgan fingerprint density at radius 2 is 2.31 bits per heavy atom. The third kappa shape index (κ3) is 1.76. The molecular weight excluding hydrogens is 248 g/mol. The van der Waals surface area contributed by atoms with Gasteiger partial charge in [0.25, 0.3) is 0 Å². The van der Waals surface area contributed by atoms with E-state index in [1.54, 1.807) is 14.1 Å². The van der Waals surface area contributed by atoms with Crippen LogP contribution in [0.2, 0.25) is 0 Å². The summed E-state index contributed by atoms with van der Waals surface area (Å²) in [4.78, 5) is 12.8. The summed E-state index contributed by atoms with van der Waals surface area (Å²) in [6.07, 6.45) is 0.923. The van der Waals surface area contributed by atoms with Crippen molar-refractivity contribution in [2.45, 2.75) is 24.1 Å². The van der Waals surface area contributed by atoms with Crippen molar-refractivity contribution in [3.8, 4) is 0 Å². The summed E-state index contributed by atoms with van der Waals surface area (Å²) in [6.45, 7) is 2.06. The molecule has 0 saturated heterocycles. The summed E-state index contributed by atoms with van der Waals surface area (Å²) in [7, 11) is 3.24. The molecule has 1 aromatic rings. The predicted octanol–water partition coefficient (Wildman–Crippen LogP) is 1.58. The number of hydrogen-bond acceptors (Lipinski definition) is 4. The van der Waals surface area contributed by atoms with E-state index in [-0.39, 0.29) is 16.8 Å². The number of halogens is 1. The van der Waals surface area contributed by atoms with Crippen molar-refractivity contribution in [3.63, 3.8) is 0 Å². The Kier molecular flexibility index (Phi) is 2.79. The van der Waals surface area contributed by atoms with E-state index in [1.165, 1.54) is 16.2 Å². The first-order valence-corrected chi connectivity index (χ1v) is 6.18. The fraction of sp³-hybridized carbons (Fsp3) is 0.667. The number of alkyl halides is 1. The zero-order chi connectivity index (χ0) is 11.9. The Morgan fingerprint density at radius 1 is 1.69 bits per heavy atom. The molecule has 1 heterocycles. The van der Waals surface area contributed by atoms with Gasteiger partial charge >= 0.3 is 6.03 Å². The highest BCUT2D eigenvalue weighted by Gasteiger charge is 2.53. The molecule has 0 aliphatic heterocycles. The van der Waals surface area contributed by atoms with Crippen molar-refractivity contribution in [1.29, 1.82) is 0 Å². The van der Waals surface area contributed by atoms with Gasteiger partial charge in [0.2, 0.25) is 5.13 Å². The van der Waals surface area contributed by atoms with Crippen molar-refractivity contribution >= 4 is 34.1 Å². The molecule has 2 amide bonds. The van der Waals surface area contributed by atoms with Gasteiger partial charge in [0, 0.05) is 24.9 Å². The molecule has 1 saturated carbocycles. The lowest BCUT2D eigenvalue weighted by Crippen LogP contribution is -2.34. The maximum Gasteiger partial charge on any atom is 0.323 e. The van der Waals surface area contributed by atoms with Gasteiger partial charge in [0.15, 0.2) is 0 Å². The van der Waals surface area contributed by atoms with Crippen molar-refractivity contribution < 1.29 is 4.79 Å². The monoisotopic (exact) mass is 260 g/mol. The van der Waals surface area contributed by atoms with Gasteiger partial charge in [0.1, 0.15) is 5.01 Å². The van der Waals surface area contributed by atoms with E-state index in [2.05, 4.69) is 22.4 Å². The second-order valence-electron chi connectivity index (χ2n) is 4.09. The number of urea groups is 1. The van der Waals surface area contributed by atoms with Crippen LogP contribution >= 0.6 is 22.9 Å². The first-order valence-electron chi connectivity index (χ1n) is 4.92. The van der Waals surface area contributed by atoms with E-state index >= 15 is 0 Å². The first-order chi connectivity index (χ1) is 7.49. The number of aromatic nitrogens is 2. The van der Waals surface area contributed by atoms with Crippen LogP contribution in [-0.4, -0.2) is 35.7 Å². The Labute approximate surface area is 103 Å². The van der Waals surface area contributed by atoms with Crippen molar-refractivity contribution in [2.24, 2.45) is 0 Å². The number of anilines is 1. The molecule has 2 rings (SSSR count). The molecule has 7 heteroatoms. The zero-order valence-corrected chi connectivity index (χ0v) is 10.9. The minimum atomic E-state index is -0.203. The van der Waals surface area contributed by atoms with Gasteiger partial charge in [-0.1, -0.05) is 18.3 Å². The highest BCUT2D eigenvalue weighted by atomic mass is 35.5. The van der Waals surface area contributed by atoms with Crippen LogP contribution in [0.25, 0.3) is 0 Å². The molecular formula is C9H13ClN4OS. The smallest absolute Gasteiger partial charge is 0.323 e. The van der Waals surface area contributed by atoms with Crippen LogP contribution in [-0.2, 0) is 5.41 Å². The van der Waals surface area contributed by atoms with Gasteiger partial charge in [-0.05, 0) is 6.42 Å². The summed E-state index contributed by atoms with van der Waals surface area (Å²) in [6, 6.07) is -0.203. The lowest BCUT2D eigenvalue weighted by molar-refractivity contribution is 0.249. The van der Waals surface area contributed by atoms with Gasteiger partial charge in [0.05, 0.1) is 0 Å². The Balaban J connectivity index is 2.17. The first kappa shape index (κ1) is 11.6. The fourth-order valence-electron chi connectivity index (χ4n) is 1.37. The SMILES string of the molecule is CNC(=O)N(C)c1nnc(C2(C)CC2Cl)s1. The summed E-state index contributed by atoms with van der Waals surface area (Å²) in [5.41, 5.74) is -0.0546. The number of carbonyl (C=O) groups excluding carboxylic acids is 1. The standard InChI is InChI=1S/C9H13ClN4OS/c1-9(4-5(9)10)6-12-13-8(16-6)14(3)7(15)11-2/h5H,4H2,1-3H3,(H,11,15). The highest BCUT2D eigenvalue weighted by Crippen LogP contribution is 2.53. The van der Waals surface area contributed by atoms with Gasteiger partial charge in [-0.3, -0.25) is 4.90 Å². The average molecular weight is 261 g/mol. The lowest BCUT2D eigenvalue weighted by Gasteiger charge is -2.11. The van der Waals surface area contributed by atoms with E-state index in [1.807, 2.05) is 0 Å². The fourth-order valence-corrected chi connectivity index (χ4v) is 2.87.